The molecule has 0 saturated heterocycles. The molecule has 112 valence electrons. The van der Waals surface area contributed by atoms with Gasteiger partial charge in [-0.15, -0.1) is 0 Å². The second-order valence-electron chi connectivity index (χ2n) is 4.93. The van der Waals surface area contributed by atoms with Gasteiger partial charge in [-0.05, 0) is 37.6 Å². The van der Waals surface area contributed by atoms with Crippen LogP contribution in [0.3, 0.4) is 0 Å². The lowest BCUT2D eigenvalue weighted by atomic mass is 10.0. The summed E-state index contributed by atoms with van der Waals surface area (Å²) >= 11 is 0. The summed E-state index contributed by atoms with van der Waals surface area (Å²) in [6.45, 7) is 3.75. The van der Waals surface area contributed by atoms with E-state index in [0.717, 1.165) is 0 Å². The lowest BCUT2D eigenvalue weighted by molar-refractivity contribution is 0.213. The van der Waals surface area contributed by atoms with Crippen molar-refractivity contribution in [3.8, 4) is 5.75 Å². The van der Waals surface area contributed by atoms with Crippen molar-refractivity contribution in [3.05, 3.63) is 65.0 Å². The molecule has 1 N–H and O–H groups in total. The topological polar surface area (TPSA) is 29.5 Å². The molecule has 0 bridgehead atoms. The number of aliphatic hydroxyl groups excluding tert-OH is 1. The van der Waals surface area contributed by atoms with E-state index >= 15 is 0 Å². The molecule has 0 amide bonds. The van der Waals surface area contributed by atoms with Gasteiger partial charge in [0.05, 0.1) is 6.10 Å². The Morgan fingerprint density at radius 2 is 1.48 bits per heavy atom. The standard InChI is InChI=1S/C16H15F3O2/c1-9(2)21-11-5-3-10(4-6-11)16(20)12-7-14(18)15(19)8-13(12)17/h3-9,16,20H,1-2H3. The molecule has 1 atom stereocenters. The number of hydrogen-bond acceptors (Lipinski definition) is 2. The van der Waals surface area contributed by atoms with Gasteiger partial charge in [-0.2, -0.15) is 0 Å². The minimum Gasteiger partial charge on any atom is -0.491 e. The van der Waals surface area contributed by atoms with E-state index in [4.69, 9.17) is 4.74 Å². The highest BCUT2D eigenvalue weighted by molar-refractivity contribution is 5.35. The molecule has 2 aromatic carbocycles. The highest BCUT2D eigenvalue weighted by Crippen LogP contribution is 2.27. The third-order valence-electron chi connectivity index (χ3n) is 2.90. The molecule has 0 heterocycles. The first-order chi connectivity index (χ1) is 9.88. The van der Waals surface area contributed by atoms with Crippen molar-refractivity contribution in [2.45, 2.75) is 26.1 Å². The fraction of sp³-hybridized carbons (Fsp3) is 0.250. The Morgan fingerprint density at radius 1 is 0.905 bits per heavy atom. The summed E-state index contributed by atoms with van der Waals surface area (Å²) in [6, 6.07) is 7.41. The zero-order valence-corrected chi connectivity index (χ0v) is 11.6. The average Bonchev–Trinajstić information content (AvgIpc) is 2.42. The normalized spacial score (nSPS) is 12.5. The zero-order valence-electron chi connectivity index (χ0n) is 11.6. The Hall–Kier alpha value is -2.01. The Kier molecular flexibility index (Phi) is 4.53. The fourth-order valence-electron chi connectivity index (χ4n) is 1.93. The number of rotatable bonds is 4. The summed E-state index contributed by atoms with van der Waals surface area (Å²) < 4.78 is 45.1. The van der Waals surface area contributed by atoms with E-state index in [0.29, 0.717) is 23.4 Å². The van der Waals surface area contributed by atoms with Crippen LogP contribution in [0.25, 0.3) is 0 Å². The summed E-state index contributed by atoms with van der Waals surface area (Å²) in [7, 11) is 0. The Morgan fingerprint density at radius 3 is 2.05 bits per heavy atom. The number of aliphatic hydroxyl groups is 1. The second-order valence-corrected chi connectivity index (χ2v) is 4.93. The monoisotopic (exact) mass is 296 g/mol. The van der Waals surface area contributed by atoms with Gasteiger partial charge in [-0.1, -0.05) is 12.1 Å². The Bertz CT molecular complexity index is 624. The molecule has 0 aromatic heterocycles. The summed E-state index contributed by atoms with van der Waals surface area (Å²) in [4.78, 5) is 0. The smallest absolute Gasteiger partial charge is 0.161 e. The van der Waals surface area contributed by atoms with Crippen LogP contribution in [0.2, 0.25) is 0 Å². The van der Waals surface area contributed by atoms with E-state index in [9.17, 15) is 18.3 Å². The molecule has 5 heteroatoms. The second kappa shape index (κ2) is 6.18. The van der Waals surface area contributed by atoms with Gasteiger partial charge in [0.2, 0.25) is 0 Å². The molecule has 0 radical (unpaired) electrons. The number of benzene rings is 2. The number of ether oxygens (including phenoxy) is 1. The largest absolute Gasteiger partial charge is 0.491 e. The maximum atomic E-state index is 13.6. The molecule has 0 spiro atoms. The Balaban J connectivity index is 2.27. The molecule has 0 aliphatic heterocycles. The SMILES string of the molecule is CC(C)Oc1ccc(C(O)c2cc(F)c(F)cc2F)cc1. The van der Waals surface area contributed by atoms with E-state index in [1.54, 1.807) is 24.3 Å². The third kappa shape index (κ3) is 3.55. The summed E-state index contributed by atoms with van der Waals surface area (Å²) in [6.07, 6.45) is -1.38. The van der Waals surface area contributed by atoms with Crippen molar-refractivity contribution < 1.29 is 23.0 Å². The summed E-state index contributed by atoms with van der Waals surface area (Å²) in [5.74, 6) is -2.88. The van der Waals surface area contributed by atoms with Gasteiger partial charge in [-0.25, -0.2) is 13.2 Å². The van der Waals surface area contributed by atoms with Gasteiger partial charge in [-0.3, -0.25) is 0 Å². The van der Waals surface area contributed by atoms with Crippen LogP contribution < -0.4 is 4.74 Å². The first kappa shape index (κ1) is 15.4. The molecule has 2 aromatic rings. The van der Waals surface area contributed by atoms with E-state index in [-0.39, 0.29) is 11.7 Å². The Labute approximate surface area is 120 Å². The summed E-state index contributed by atoms with van der Waals surface area (Å²) in [5.41, 5.74) is 0.0439. The predicted molar refractivity (Wildman–Crippen MR) is 72.6 cm³/mol. The number of hydrogen-bond donors (Lipinski definition) is 1. The van der Waals surface area contributed by atoms with Crippen LogP contribution in [0, 0.1) is 17.5 Å². The van der Waals surface area contributed by atoms with Crippen molar-refractivity contribution in [2.75, 3.05) is 0 Å². The van der Waals surface area contributed by atoms with Crippen molar-refractivity contribution in [1.29, 1.82) is 0 Å². The predicted octanol–water partition coefficient (Wildman–Crippen LogP) is 3.97. The molecule has 1 unspecified atom stereocenters. The van der Waals surface area contributed by atoms with E-state index in [1.807, 2.05) is 13.8 Å². The van der Waals surface area contributed by atoms with Crippen molar-refractivity contribution in [3.63, 3.8) is 0 Å². The van der Waals surface area contributed by atoms with Gasteiger partial charge in [0.25, 0.3) is 0 Å². The van der Waals surface area contributed by atoms with Crippen molar-refractivity contribution in [1.82, 2.24) is 0 Å². The minimum absolute atomic E-state index is 0.00409. The van der Waals surface area contributed by atoms with Crippen LogP contribution in [-0.2, 0) is 0 Å². The van der Waals surface area contributed by atoms with E-state index in [1.165, 1.54) is 0 Å². The van der Waals surface area contributed by atoms with Crippen LogP contribution >= 0.6 is 0 Å². The first-order valence-electron chi connectivity index (χ1n) is 6.47. The molecule has 0 saturated carbocycles. The molecular formula is C16H15F3O2. The molecular weight excluding hydrogens is 281 g/mol. The van der Waals surface area contributed by atoms with Gasteiger partial charge in [0.15, 0.2) is 11.6 Å². The molecule has 0 aliphatic rings. The quantitative estimate of drug-likeness (QED) is 0.865. The lowest BCUT2D eigenvalue weighted by Crippen LogP contribution is -2.07. The maximum absolute atomic E-state index is 13.6. The molecule has 21 heavy (non-hydrogen) atoms. The minimum atomic E-state index is -1.38. The van der Waals surface area contributed by atoms with E-state index in [2.05, 4.69) is 0 Å². The average molecular weight is 296 g/mol. The highest BCUT2D eigenvalue weighted by atomic mass is 19.2. The molecule has 2 nitrogen and oxygen atoms in total. The zero-order chi connectivity index (χ0) is 15.6. The lowest BCUT2D eigenvalue weighted by Gasteiger charge is -2.14. The number of halogens is 3. The van der Waals surface area contributed by atoms with Crippen molar-refractivity contribution in [2.24, 2.45) is 0 Å². The fourth-order valence-corrected chi connectivity index (χ4v) is 1.93. The molecule has 0 aliphatic carbocycles. The molecule has 0 fully saturated rings. The maximum Gasteiger partial charge on any atom is 0.161 e. The summed E-state index contributed by atoms with van der Waals surface area (Å²) in [5, 5.41) is 10.1. The van der Waals surface area contributed by atoms with Crippen LogP contribution in [-0.4, -0.2) is 11.2 Å². The van der Waals surface area contributed by atoms with Crippen LogP contribution in [0.1, 0.15) is 31.1 Å². The molecule has 2 rings (SSSR count). The van der Waals surface area contributed by atoms with Gasteiger partial charge >= 0.3 is 0 Å². The third-order valence-corrected chi connectivity index (χ3v) is 2.90. The van der Waals surface area contributed by atoms with Crippen LogP contribution in [0.5, 0.6) is 5.75 Å². The van der Waals surface area contributed by atoms with Gasteiger partial charge < -0.3 is 9.84 Å². The van der Waals surface area contributed by atoms with Crippen molar-refractivity contribution >= 4 is 0 Å². The first-order valence-corrected chi connectivity index (χ1v) is 6.47. The van der Waals surface area contributed by atoms with Gasteiger partial charge in [0.1, 0.15) is 17.7 Å². The highest BCUT2D eigenvalue weighted by Gasteiger charge is 2.18. The van der Waals surface area contributed by atoms with E-state index < -0.39 is 23.6 Å². The van der Waals surface area contributed by atoms with Crippen LogP contribution in [0.4, 0.5) is 13.2 Å². The van der Waals surface area contributed by atoms with Gasteiger partial charge in [0, 0.05) is 11.6 Å². The van der Waals surface area contributed by atoms with Crippen LogP contribution in [0.15, 0.2) is 36.4 Å².